The van der Waals surface area contributed by atoms with E-state index in [9.17, 15) is 4.79 Å². The second kappa shape index (κ2) is 9.77. The molecule has 1 nitrogen and oxygen atoms in total. The Kier molecular flexibility index (Phi) is 8.20. The van der Waals surface area contributed by atoms with E-state index in [4.69, 9.17) is 0 Å². The zero-order chi connectivity index (χ0) is 13.9. The Hall–Kier alpha value is -1.11. The van der Waals surface area contributed by atoms with Crippen LogP contribution in [0.25, 0.3) is 0 Å². The molecule has 0 radical (unpaired) electrons. The van der Waals surface area contributed by atoms with Gasteiger partial charge in [-0.3, -0.25) is 4.79 Å². The van der Waals surface area contributed by atoms with Gasteiger partial charge in [0.05, 0.1) is 0 Å². The highest BCUT2D eigenvalue weighted by molar-refractivity contribution is 5.78. The molecule has 1 rings (SSSR count). The molecule has 0 spiro atoms. The summed E-state index contributed by atoms with van der Waals surface area (Å²) in [4.78, 5) is 11.8. The summed E-state index contributed by atoms with van der Waals surface area (Å²) in [6.45, 7) is 4.35. The van der Waals surface area contributed by atoms with E-state index in [0.29, 0.717) is 12.2 Å². The van der Waals surface area contributed by atoms with E-state index >= 15 is 0 Å². The minimum atomic E-state index is 0.429. The zero-order valence-corrected chi connectivity index (χ0v) is 12.6. The lowest BCUT2D eigenvalue weighted by Gasteiger charge is -2.05. The van der Waals surface area contributed by atoms with Crippen LogP contribution in [0.1, 0.15) is 69.4 Å². The summed E-state index contributed by atoms with van der Waals surface area (Å²) >= 11 is 0. The summed E-state index contributed by atoms with van der Waals surface area (Å²) in [5.74, 6) is 0.429. The van der Waals surface area contributed by atoms with Crippen molar-refractivity contribution in [2.24, 2.45) is 0 Å². The van der Waals surface area contributed by atoms with Crippen LogP contribution in [0, 0.1) is 6.92 Å². The molecule has 0 atom stereocenters. The summed E-state index contributed by atoms with van der Waals surface area (Å²) in [6.07, 6.45) is 9.93. The largest absolute Gasteiger partial charge is 0.300 e. The lowest BCUT2D eigenvalue weighted by atomic mass is 10.0. The zero-order valence-electron chi connectivity index (χ0n) is 12.6. The molecule has 0 N–H and O–H groups in total. The number of benzene rings is 1. The van der Waals surface area contributed by atoms with Crippen LogP contribution in [-0.2, 0) is 11.2 Å². The summed E-state index contributed by atoms with van der Waals surface area (Å²) in [5, 5.41) is 0. The molecule has 0 unspecified atom stereocenters. The maximum atomic E-state index is 11.8. The predicted molar refractivity (Wildman–Crippen MR) is 82.5 cm³/mol. The van der Waals surface area contributed by atoms with Crippen LogP contribution in [-0.4, -0.2) is 5.78 Å². The van der Waals surface area contributed by atoms with Crippen molar-refractivity contribution in [2.75, 3.05) is 0 Å². The number of hydrogen-bond donors (Lipinski definition) is 0. The van der Waals surface area contributed by atoms with Crippen molar-refractivity contribution in [3.05, 3.63) is 35.4 Å². The SMILES string of the molecule is CCCCCCCCC(=O)CCc1ccccc1C. The third-order valence-corrected chi connectivity index (χ3v) is 3.74. The van der Waals surface area contributed by atoms with E-state index in [2.05, 4.69) is 38.1 Å². The van der Waals surface area contributed by atoms with Crippen molar-refractivity contribution >= 4 is 5.78 Å². The molecule has 0 aliphatic carbocycles. The quantitative estimate of drug-likeness (QED) is 0.525. The molecule has 0 aliphatic rings. The Balaban J connectivity index is 2.10. The normalized spacial score (nSPS) is 10.6. The molecule has 0 bridgehead atoms. The fraction of sp³-hybridized carbons (Fsp3) is 0.611. The minimum Gasteiger partial charge on any atom is -0.300 e. The first-order chi connectivity index (χ1) is 9.24. The smallest absolute Gasteiger partial charge is 0.133 e. The van der Waals surface area contributed by atoms with Gasteiger partial charge in [-0.1, -0.05) is 63.3 Å². The second-order valence-corrected chi connectivity index (χ2v) is 5.48. The van der Waals surface area contributed by atoms with Gasteiger partial charge in [0.25, 0.3) is 0 Å². The van der Waals surface area contributed by atoms with Crippen LogP contribution in [0.4, 0.5) is 0 Å². The molecule has 0 aromatic heterocycles. The first-order valence-corrected chi connectivity index (χ1v) is 7.80. The van der Waals surface area contributed by atoms with Crippen molar-refractivity contribution in [1.82, 2.24) is 0 Å². The molecule has 0 aliphatic heterocycles. The number of aryl methyl sites for hydroxylation is 2. The summed E-state index contributed by atoms with van der Waals surface area (Å²) in [5.41, 5.74) is 2.62. The first-order valence-electron chi connectivity index (χ1n) is 7.80. The highest BCUT2D eigenvalue weighted by Gasteiger charge is 2.04. The molecule has 0 amide bonds. The molecule has 0 fully saturated rings. The van der Waals surface area contributed by atoms with E-state index in [1.807, 2.05) is 0 Å². The van der Waals surface area contributed by atoms with Crippen LogP contribution in [0.2, 0.25) is 0 Å². The van der Waals surface area contributed by atoms with Crippen molar-refractivity contribution < 1.29 is 4.79 Å². The van der Waals surface area contributed by atoms with Gasteiger partial charge in [-0.25, -0.2) is 0 Å². The van der Waals surface area contributed by atoms with Gasteiger partial charge in [-0.15, -0.1) is 0 Å². The number of unbranched alkanes of at least 4 members (excludes halogenated alkanes) is 5. The van der Waals surface area contributed by atoms with Crippen LogP contribution in [0.15, 0.2) is 24.3 Å². The van der Waals surface area contributed by atoms with Gasteiger partial charge in [0, 0.05) is 12.8 Å². The lowest BCUT2D eigenvalue weighted by Crippen LogP contribution is -2.01. The highest BCUT2D eigenvalue weighted by atomic mass is 16.1. The number of rotatable bonds is 10. The average molecular weight is 260 g/mol. The number of hydrogen-bond acceptors (Lipinski definition) is 1. The molecule has 1 aromatic carbocycles. The van der Waals surface area contributed by atoms with E-state index in [1.54, 1.807) is 0 Å². The average Bonchev–Trinajstić information content (AvgIpc) is 2.42. The molecule has 0 saturated heterocycles. The molecule has 19 heavy (non-hydrogen) atoms. The van der Waals surface area contributed by atoms with Gasteiger partial charge in [-0.05, 0) is 30.9 Å². The number of carbonyl (C=O) groups excluding carboxylic acids is 1. The third kappa shape index (κ3) is 7.15. The van der Waals surface area contributed by atoms with E-state index < -0.39 is 0 Å². The Morgan fingerprint density at radius 1 is 0.947 bits per heavy atom. The molecule has 0 heterocycles. The van der Waals surface area contributed by atoms with Crippen LogP contribution in [0.5, 0.6) is 0 Å². The minimum absolute atomic E-state index is 0.429. The third-order valence-electron chi connectivity index (χ3n) is 3.74. The summed E-state index contributed by atoms with van der Waals surface area (Å²) < 4.78 is 0. The number of ketones is 1. The van der Waals surface area contributed by atoms with Gasteiger partial charge >= 0.3 is 0 Å². The van der Waals surface area contributed by atoms with Gasteiger partial charge in [-0.2, -0.15) is 0 Å². The van der Waals surface area contributed by atoms with Crippen LogP contribution in [0.3, 0.4) is 0 Å². The first kappa shape index (κ1) is 15.9. The maximum absolute atomic E-state index is 11.8. The van der Waals surface area contributed by atoms with Crippen molar-refractivity contribution in [2.45, 2.75) is 71.6 Å². The highest BCUT2D eigenvalue weighted by Crippen LogP contribution is 2.12. The van der Waals surface area contributed by atoms with Crippen molar-refractivity contribution in [3.8, 4) is 0 Å². The fourth-order valence-electron chi connectivity index (χ4n) is 2.39. The van der Waals surface area contributed by atoms with Crippen LogP contribution >= 0.6 is 0 Å². The standard InChI is InChI=1S/C18H28O/c1-3-4-5-6-7-8-13-18(19)15-14-17-12-10-9-11-16(17)2/h9-12H,3-8,13-15H2,1-2H3. The lowest BCUT2D eigenvalue weighted by molar-refractivity contribution is -0.119. The monoisotopic (exact) mass is 260 g/mol. The van der Waals surface area contributed by atoms with Crippen LogP contribution < -0.4 is 0 Å². The number of carbonyl (C=O) groups is 1. The fourth-order valence-corrected chi connectivity index (χ4v) is 2.39. The van der Waals surface area contributed by atoms with Gasteiger partial charge in [0.2, 0.25) is 0 Å². The molecule has 1 heteroatoms. The molecular formula is C18H28O. The Morgan fingerprint density at radius 3 is 2.37 bits per heavy atom. The van der Waals surface area contributed by atoms with Crippen molar-refractivity contribution in [1.29, 1.82) is 0 Å². The topological polar surface area (TPSA) is 17.1 Å². The molecule has 0 saturated carbocycles. The van der Waals surface area contributed by atoms with Gasteiger partial charge in [0.15, 0.2) is 0 Å². The Bertz CT molecular complexity index is 368. The van der Waals surface area contributed by atoms with E-state index in [-0.39, 0.29) is 0 Å². The van der Waals surface area contributed by atoms with Gasteiger partial charge in [0.1, 0.15) is 5.78 Å². The molecular weight excluding hydrogens is 232 g/mol. The van der Waals surface area contributed by atoms with Crippen molar-refractivity contribution in [3.63, 3.8) is 0 Å². The molecule has 106 valence electrons. The summed E-state index contributed by atoms with van der Waals surface area (Å²) in [7, 11) is 0. The van der Waals surface area contributed by atoms with Gasteiger partial charge < -0.3 is 0 Å². The maximum Gasteiger partial charge on any atom is 0.133 e. The second-order valence-electron chi connectivity index (χ2n) is 5.48. The summed E-state index contributed by atoms with van der Waals surface area (Å²) in [6, 6.07) is 8.36. The Labute approximate surface area is 118 Å². The van der Waals surface area contributed by atoms with E-state index in [1.165, 1.54) is 43.2 Å². The number of Topliss-reactive ketones (excluding diaryl/α,β-unsaturated/α-hetero) is 1. The molecule has 1 aromatic rings. The Morgan fingerprint density at radius 2 is 1.63 bits per heavy atom. The van der Waals surface area contributed by atoms with E-state index in [0.717, 1.165) is 19.3 Å². The predicted octanol–water partition coefficient (Wildman–Crippen LogP) is 5.25.